The first-order chi connectivity index (χ1) is 8.08. The maximum absolute atomic E-state index is 10.8. The number of aryl methyl sites for hydroxylation is 1. The molecular weight excluding hydrogens is 214 g/mol. The number of aliphatic carboxylic acids is 1. The predicted octanol–water partition coefficient (Wildman–Crippen LogP) is 2.85. The smallest absolute Gasteiger partial charge is 0.317 e. The maximum Gasteiger partial charge on any atom is 0.317 e. The van der Waals surface area contributed by atoms with Gasteiger partial charge in [0.25, 0.3) is 0 Å². The van der Waals surface area contributed by atoms with Gasteiger partial charge in [0.15, 0.2) is 0 Å². The molecule has 0 aromatic heterocycles. The minimum absolute atomic E-state index is 0.100. The van der Waals surface area contributed by atoms with E-state index < -0.39 is 5.97 Å². The Hall–Kier alpha value is -1.35. The molecule has 1 atom stereocenters. The number of hydrogen-bond acceptors (Lipinski definition) is 2. The summed E-state index contributed by atoms with van der Waals surface area (Å²) in [5.41, 5.74) is 2.42. The molecule has 3 nitrogen and oxygen atoms in total. The average Bonchev–Trinajstić information content (AvgIpc) is 2.30. The summed E-state index contributed by atoms with van der Waals surface area (Å²) in [6.07, 6.45) is 0.921. The lowest BCUT2D eigenvalue weighted by molar-refractivity contribution is -0.138. The van der Waals surface area contributed by atoms with E-state index in [4.69, 9.17) is 5.11 Å². The van der Waals surface area contributed by atoms with Gasteiger partial charge in [0.1, 0.15) is 0 Å². The highest BCUT2D eigenvalue weighted by molar-refractivity contribution is 5.69. The van der Waals surface area contributed by atoms with E-state index in [1.807, 2.05) is 11.8 Å². The van der Waals surface area contributed by atoms with Crippen LogP contribution in [0.1, 0.15) is 37.4 Å². The van der Waals surface area contributed by atoms with Gasteiger partial charge in [0.05, 0.1) is 6.54 Å². The molecular formula is C14H21NO2. The summed E-state index contributed by atoms with van der Waals surface area (Å²) < 4.78 is 0. The molecule has 0 aliphatic carbocycles. The quantitative estimate of drug-likeness (QED) is 0.824. The van der Waals surface area contributed by atoms with E-state index in [0.717, 1.165) is 13.0 Å². The highest BCUT2D eigenvalue weighted by Crippen LogP contribution is 2.23. The molecule has 0 amide bonds. The fourth-order valence-corrected chi connectivity index (χ4v) is 2.11. The van der Waals surface area contributed by atoms with Gasteiger partial charge in [0.2, 0.25) is 0 Å². The molecule has 0 saturated carbocycles. The lowest BCUT2D eigenvalue weighted by Crippen LogP contribution is -2.33. The number of hydrogen-bond donors (Lipinski definition) is 1. The summed E-state index contributed by atoms with van der Waals surface area (Å²) in [6.45, 7) is 7.00. The van der Waals surface area contributed by atoms with Crippen molar-refractivity contribution in [3.63, 3.8) is 0 Å². The van der Waals surface area contributed by atoms with Crippen molar-refractivity contribution in [2.24, 2.45) is 0 Å². The molecule has 1 unspecified atom stereocenters. The van der Waals surface area contributed by atoms with Crippen LogP contribution < -0.4 is 0 Å². The third kappa shape index (κ3) is 3.86. The first-order valence-electron chi connectivity index (χ1n) is 6.10. The summed E-state index contributed by atoms with van der Waals surface area (Å²) in [4.78, 5) is 12.8. The number of nitrogens with zero attached hydrogens (tertiary/aromatic N) is 1. The van der Waals surface area contributed by atoms with Gasteiger partial charge in [-0.2, -0.15) is 0 Å². The fraction of sp³-hybridized carbons (Fsp3) is 0.500. The Kier molecular flexibility index (Phi) is 5.16. The van der Waals surface area contributed by atoms with Crippen molar-refractivity contribution in [1.29, 1.82) is 0 Å². The second kappa shape index (κ2) is 6.40. The van der Waals surface area contributed by atoms with Gasteiger partial charge in [-0.1, -0.05) is 43.7 Å². The van der Waals surface area contributed by atoms with Crippen molar-refractivity contribution in [1.82, 2.24) is 4.90 Å². The molecule has 0 bridgehead atoms. The molecule has 0 fully saturated rings. The van der Waals surface area contributed by atoms with E-state index in [1.54, 1.807) is 0 Å². The first kappa shape index (κ1) is 13.7. The molecule has 17 heavy (non-hydrogen) atoms. The van der Waals surface area contributed by atoms with Gasteiger partial charge < -0.3 is 5.11 Å². The Labute approximate surface area is 103 Å². The van der Waals surface area contributed by atoms with Gasteiger partial charge >= 0.3 is 5.97 Å². The third-order valence-electron chi connectivity index (χ3n) is 3.03. The van der Waals surface area contributed by atoms with Crippen molar-refractivity contribution in [3.05, 3.63) is 35.4 Å². The van der Waals surface area contributed by atoms with Crippen LogP contribution in [-0.4, -0.2) is 29.1 Å². The minimum atomic E-state index is -0.766. The normalized spacial score (nSPS) is 12.7. The molecule has 0 spiro atoms. The lowest BCUT2D eigenvalue weighted by Gasteiger charge is -2.28. The van der Waals surface area contributed by atoms with E-state index in [1.165, 1.54) is 11.1 Å². The fourth-order valence-electron chi connectivity index (χ4n) is 2.11. The van der Waals surface area contributed by atoms with Crippen LogP contribution in [0.3, 0.4) is 0 Å². The van der Waals surface area contributed by atoms with Crippen molar-refractivity contribution in [3.8, 4) is 0 Å². The number of likely N-dealkylation sites (N-methyl/N-ethyl adjacent to an activating group) is 1. The SMILES string of the molecule is CCC(c1ccc(C)cc1)N(CC)CC(=O)O. The molecule has 0 aliphatic rings. The summed E-state index contributed by atoms with van der Waals surface area (Å²) in [5, 5.41) is 8.91. The van der Waals surface area contributed by atoms with Crippen LogP contribution in [0, 0.1) is 6.92 Å². The van der Waals surface area contributed by atoms with Crippen LogP contribution in [0.4, 0.5) is 0 Å². The van der Waals surface area contributed by atoms with Crippen molar-refractivity contribution >= 4 is 5.97 Å². The molecule has 1 aromatic rings. The molecule has 0 saturated heterocycles. The number of rotatable bonds is 6. The molecule has 1 aromatic carbocycles. The third-order valence-corrected chi connectivity index (χ3v) is 3.03. The highest BCUT2D eigenvalue weighted by Gasteiger charge is 2.19. The van der Waals surface area contributed by atoms with Gasteiger partial charge in [-0.3, -0.25) is 9.69 Å². The second-order valence-corrected chi connectivity index (χ2v) is 4.29. The minimum Gasteiger partial charge on any atom is -0.480 e. The Morgan fingerprint density at radius 3 is 2.29 bits per heavy atom. The van der Waals surface area contributed by atoms with Gasteiger partial charge in [-0.05, 0) is 25.5 Å². The largest absolute Gasteiger partial charge is 0.480 e. The monoisotopic (exact) mass is 235 g/mol. The van der Waals surface area contributed by atoms with E-state index in [9.17, 15) is 4.79 Å². The second-order valence-electron chi connectivity index (χ2n) is 4.29. The van der Waals surface area contributed by atoms with Gasteiger partial charge in [-0.15, -0.1) is 0 Å². The van der Waals surface area contributed by atoms with Crippen LogP contribution in [0.25, 0.3) is 0 Å². The zero-order chi connectivity index (χ0) is 12.8. The number of carbonyl (C=O) groups is 1. The number of carboxylic acids is 1. The highest BCUT2D eigenvalue weighted by atomic mass is 16.4. The number of benzene rings is 1. The Morgan fingerprint density at radius 1 is 1.29 bits per heavy atom. The molecule has 1 rings (SSSR count). The average molecular weight is 235 g/mol. The maximum atomic E-state index is 10.8. The van der Waals surface area contributed by atoms with E-state index in [2.05, 4.69) is 38.1 Å². The molecule has 0 heterocycles. The predicted molar refractivity (Wildman–Crippen MR) is 69.1 cm³/mol. The first-order valence-corrected chi connectivity index (χ1v) is 6.10. The Bertz CT molecular complexity index is 359. The van der Waals surface area contributed by atoms with E-state index in [0.29, 0.717) is 0 Å². The lowest BCUT2D eigenvalue weighted by atomic mass is 10.0. The topological polar surface area (TPSA) is 40.5 Å². The van der Waals surface area contributed by atoms with E-state index in [-0.39, 0.29) is 12.6 Å². The zero-order valence-corrected chi connectivity index (χ0v) is 10.8. The number of carboxylic acid groups (broad SMARTS) is 1. The molecule has 0 aliphatic heterocycles. The molecule has 3 heteroatoms. The van der Waals surface area contributed by atoms with Crippen LogP contribution in [-0.2, 0) is 4.79 Å². The Morgan fingerprint density at radius 2 is 1.88 bits per heavy atom. The summed E-state index contributed by atoms with van der Waals surface area (Å²) in [7, 11) is 0. The van der Waals surface area contributed by atoms with Gasteiger partial charge in [0, 0.05) is 6.04 Å². The molecule has 0 radical (unpaired) electrons. The van der Waals surface area contributed by atoms with Crippen LogP contribution in [0.2, 0.25) is 0 Å². The molecule has 1 N–H and O–H groups in total. The Balaban J connectivity index is 2.88. The standard InChI is InChI=1S/C14H21NO2/c1-4-13(15(5-2)10-14(16)17)12-8-6-11(3)7-9-12/h6-9,13H,4-5,10H2,1-3H3,(H,16,17). The van der Waals surface area contributed by atoms with E-state index >= 15 is 0 Å². The van der Waals surface area contributed by atoms with Crippen molar-refractivity contribution in [2.45, 2.75) is 33.2 Å². The summed E-state index contributed by atoms with van der Waals surface area (Å²) in [6, 6.07) is 8.53. The summed E-state index contributed by atoms with van der Waals surface area (Å²) in [5.74, 6) is -0.766. The van der Waals surface area contributed by atoms with Crippen molar-refractivity contribution < 1.29 is 9.90 Å². The van der Waals surface area contributed by atoms with Crippen LogP contribution in [0.5, 0.6) is 0 Å². The van der Waals surface area contributed by atoms with Crippen LogP contribution >= 0.6 is 0 Å². The van der Waals surface area contributed by atoms with Crippen LogP contribution in [0.15, 0.2) is 24.3 Å². The summed E-state index contributed by atoms with van der Waals surface area (Å²) >= 11 is 0. The molecule has 94 valence electrons. The van der Waals surface area contributed by atoms with Crippen molar-refractivity contribution in [2.75, 3.05) is 13.1 Å². The van der Waals surface area contributed by atoms with Gasteiger partial charge in [-0.25, -0.2) is 0 Å². The zero-order valence-electron chi connectivity index (χ0n) is 10.8.